The molecule has 0 spiro atoms. The quantitative estimate of drug-likeness (QED) is 0.216. The summed E-state index contributed by atoms with van der Waals surface area (Å²) < 4.78 is 12.0. The number of amides is 1. The molecule has 8 heteroatoms. The summed E-state index contributed by atoms with van der Waals surface area (Å²) in [6.07, 6.45) is 1.30. The van der Waals surface area contributed by atoms with Crippen molar-refractivity contribution in [3.8, 4) is 11.5 Å². The highest BCUT2D eigenvalue weighted by Crippen LogP contribution is 2.40. The van der Waals surface area contributed by atoms with Gasteiger partial charge in [0.2, 0.25) is 5.91 Å². The second kappa shape index (κ2) is 13.0. The number of methoxy groups -OCH3 is 2. The Morgan fingerprint density at radius 2 is 1.68 bits per heavy atom. The van der Waals surface area contributed by atoms with Gasteiger partial charge >= 0.3 is 0 Å². The molecule has 1 amide bonds. The van der Waals surface area contributed by atoms with Crippen LogP contribution < -0.4 is 14.4 Å². The highest BCUT2D eigenvalue weighted by atomic mass is 32.2. The molecule has 6 nitrogen and oxygen atoms in total. The van der Waals surface area contributed by atoms with E-state index >= 15 is 0 Å². The van der Waals surface area contributed by atoms with Crippen molar-refractivity contribution in [2.24, 2.45) is 0 Å². The van der Waals surface area contributed by atoms with Crippen molar-refractivity contribution in [2.45, 2.75) is 38.5 Å². The summed E-state index contributed by atoms with van der Waals surface area (Å²) in [5, 5.41) is 0.696. The van der Waals surface area contributed by atoms with Gasteiger partial charge in [0.25, 0.3) is 0 Å². The fourth-order valence-electron chi connectivity index (χ4n) is 3.68. The first-order valence-electron chi connectivity index (χ1n) is 11.7. The van der Waals surface area contributed by atoms with Gasteiger partial charge in [-0.25, -0.2) is 4.98 Å². The molecule has 1 aromatic heterocycles. The third kappa shape index (κ3) is 6.64. The van der Waals surface area contributed by atoms with Crippen molar-refractivity contribution in [3.05, 3.63) is 42.0 Å². The van der Waals surface area contributed by atoms with Crippen molar-refractivity contribution < 1.29 is 14.3 Å². The van der Waals surface area contributed by atoms with Crippen LogP contribution in [0.3, 0.4) is 0 Å². The van der Waals surface area contributed by atoms with E-state index in [0.717, 1.165) is 47.8 Å². The van der Waals surface area contributed by atoms with Gasteiger partial charge in [-0.3, -0.25) is 9.69 Å². The molecule has 34 heavy (non-hydrogen) atoms. The SMILES string of the molecule is CCN(CC)CCN(C(=O)CCCSc1ccc(C)cc1)c1nc2c(OC)ccc(OC)c2s1. The van der Waals surface area contributed by atoms with Gasteiger partial charge in [0, 0.05) is 24.4 Å². The lowest BCUT2D eigenvalue weighted by atomic mass is 10.2. The lowest BCUT2D eigenvalue weighted by Crippen LogP contribution is -2.38. The van der Waals surface area contributed by atoms with Crippen LogP contribution in [0.25, 0.3) is 10.2 Å². The van der Waals surface area contributed by atoms with E-state index < -0.39 is 0 Å². The molecule has 184 valence electrons. The number of carbonyl (C=O) groups excluding carboxylic acids is 1. The Morgan fingerprint density at radius 3 is 2.32 bits per heavy atom. The van der Waals surface area contributed by atoms with Crippen LogP contribution in [0, 0.1) is 6.92 Å². The summed E-state index contributed by atoms with van der Waals surface area (Å²) >= 11 is 3.28. The lowest BCUT2D eigenvalue weighted by Gasteiger charge is -2.24. The van der Waals surface area contributed by atoms with Crippen LogP contribution in [-0.2, 0) is 4.79 Å². The zero-order chi connectivity index (χ0) is 24.5. The second-order valence-electron chi connectivity index (χ2n) is 7.98. The number of thiazole rings is 1. The average molecular weight is 502 g/mol. The molecule has 0 aliphatic carbocycles. The largest absolute Gasteiger partial charge is 0.495 e. The number of likely N-dealkylation sites (N-methyl/N-ethyl adjacent to an activating group) is 1. The molecular formula is C26H35N3O3S2. The molecule has 0 radical (unpaired) electrons. The average Bonchev–Trinajstić information content (AvgIpc) is 3.30. The monoisotopic (exact) mass is 501 g/mol. The molecule has 0 saturated heterocycles. The molecule has 3 rings (SSSR count). The first kappa shape index (κ1) is 26.3. The van der Waals surface area contributed by atoms with Crippen LogP contribution in [0.15, 0.2) is 41.3 Å². The Hall–Kier alpha value is -2.29. The van der Waals surface area contributed by atoms with Crippen LogP contribution in [0.5, 0.6) is 11.5 Å². The number of aryl methyl sites for hydroxylation is 1. The lowest BCUT2D eigenvalue weighted by molar-refractivity contribution is -0.118. The maximum absolute atomic E-state index is 13.4. The molecule has 0 unspecified atom stereocenters. The second-order valence-corrected chi connectivity index (χ2v) is 10.1. The fourth-order valence-corrected chi connectivity index (χ4v) is 5.65. The van der Waals surface area contributed by atoms with E-state index in [4.69, 9.17) is 14.5 Å². The van der Waals surface area contributed by atoms with Crippen molar-refractivity contribution in [1.29, 1.82) is 0 Å². The number of hydrogen-bond acceptors (Lipinski definition) is 7. The van der Waals surface area contributed by atoms with Gasteiger partial charge in [-0.1, -0.05) is 42.9 Å². The zero-order valence-electron chi connectivity index (χ0n) is 20.8. The standard InChI is InChI=1S/C26H35N3O3S2/c1-6-28(7-2)16-17-29(23(30)9-8-18-33-20-12-10-19(3)11-13-20)26-27-24-21(31-4)14-15-22(32-5)25(24)34-26/h10-15H,6-9,16-18H2,1-5H3. The van der Waals surface area contributed by atoms with Crippen molar-refractivity contribution in [3.63, 3.8) is 0 Å². The number of aromatic nitrogens is 1. The molecule has 0 N–H and O–H groups in total. The zero-order valence-corrected chi connectivity index (χ0v) is 22.4. The molecule has 0 atom stereocenters. The Kier molecular flexibility index (Phi) is 10.0. The van der Waals surface area contributed by atoms with Crippen molar-refractivity contribution in [2.75, 3.05) is 51.1 Å². The number of rotatable bonds is 13. The predicted octanol–water partition coefficient (Wildman–Crippen LogP) is 5.87. The minimum atomic E-state index is 0.105. The van der Waals surface area contributed by atoms with E-state index in [1.807, 2.05) is 17.0 Å². The predicted molar refractivity (Wildman–Crippen MR) is 144 cm³/mol. The Morgan fingerprint density at radius 1 is 1.00 bits per heavy atom. The summed E-state index contributed by atoms with van der Waals surface area (Å²) in [7, 11) is 3.28. The molecule has 1 heterocycles. The van der Waals surface area contributed by atoms with Gasteiger partial charge in [0.05, 0.1) is 14.2 Å². The van der Waals surface area contributed by atoms with Crippen LogP contribution in [0.4, 0.5) is 5.13 Å². The minimum absolute atomic E-state index is 0.105. The van der Waals surface area contributed by atoms with Gasteiger partial charge in [-0.05, 0) is 56.5 Å². The fraction of sp³-hybridized carbons (Fsp3) is 0.462. The third-order valence-electron chi connectivity index (χ3n) is 5.79. The van der Waals surface area contributed by atoms with Crippen molar-refractivity contribution >= 4 is 44.4 Å². The number of anilines is 1. The Bertz CT molecular complexity index is 1020. The van der Waals surface area contributed by atoms with E-state index in [1.54, 1.807) is 26.0 Å². The van der Waals surface area contributed by atoms with Gasteiger partial charge < -0.3 is 14.4 Å². The highest BCUT2D eigenvalue weighted by molar-refractivity contribution is 7.99. The number of nitrogens with zero attached hydrogens (tertiary/aromatic N) is 3. The third-order valence-corrected chi connectivity index (χ3v) is 7.98. The maximum atomic E-state index is 13.4. The summed E-state index contributed by atoms with van der Waals surface area (Å²) in [4.78, 5) is 23.6. The number of fused-ring (bicyclic) bond motifs is 1. The summed E-state index contributed by atoms with van der Waals surface area (Å²) in [5.74, 6) is 2.43. The number of carbonyl (C=O) groups is 1. The van der Waals surface area contributed by atoms with E-state index in [9.17, 15) is 4.79 Å². The van der Waals surface area contributed by atoms with Gasteiger partial charge in [-0.15, -0.1) is 11.8 Å². The van der Waals surface area contributed by atoms with E-state index in [0.29, 0.717) is 23.8 Å². The van der Waals surface area contributed by atoms with Crippen LogP contribution in [0.1, 0.15) is 32.3 Å². The molecule has 0 bridgehead atoms. The van der Waals surface area contributed by atoms with Crippen molar-refractivity contribution in [1.82, 2.24) is 9.88 Å². The van der Waals surface area contributed by atoms with Gasteiger partial charge in [-0.2, -0.15) is 0 Å². The van der Waals surface area contributed by atoms with E-state index in [1.165, 1.54) is 21.8 Å². The molecule has 0 saturated carbocycles. The Labute approximate surface area is 211 Å². The number of thioether (sulfide) groups is 1. The molecular weight excluding hydrogens is 466 g/mol. The van der Waals surface area contributed by atoms with E-state index in [2.05, 4.69) is 49.9 Å². The molecule has 0 fully saturated rings. The first-order chi connectivity index (χ1) is 16.5. The van der Waals surface area contributed by atoms with Crippen LogP contribution in [0.2, 0.25) is 0 Å². The highest BCUT2D eigenvalue weighted by Gasteiger charge is 2.22. The molecule has 0 aliphatic heterocycles. The number of ether oxygens (including phenoxy) is 2. The molecule has 2 aromatic carbocycles. The number of hydrogen-bond donors (Lipinski definition) is 0. The maximum Gasteiger partial charge on any atom is 0.228 e. The summed E-state index contributed by atoms with van der Waals surface area (Å²) in [6.45, 7) is 9.70. The topological polar surface area (TPSA) is 54.9 Å². The first-order valence-corrected chi connectivity index (χ1v) is 13.5. The summed E-state index contributed by atoms with van der Waals surface area (Å²) in [6, 6.07) is 12.3. The summed E-state index contributed by atoms with van der Waals surface area (Å²) in [5.41, 5.74) is 1.99. The van der Waals surface area contributed by atoms with Gasteiger partial charge in [0.1, 0.15) is 21.7 Å². The van der Waals surface area contributed by atoms with Crippen LogP contribution >= 0.6 is 23.1 Å². The van der Waals surface area contributed by atoms with E-state index in [-0.39, 0.29) is 5.91 Å². The van der Waals surface area contributed by atoms with Crippen LogP contribution in [-0.4, -0.2) is 61.9 Å². The molecule has 0 aliphatic rings. The smallest absolute Gasteiger partial charge is 0.228 e. The Balaban J connectivity index is 1.76. The molecule has 3 aromatic rings. The minimum Gasteiger partial charge on any atom is -0.495 e. The normalized spacial score (nSPS) is 11.2. The van der Waals surface area contributed by atoms with Gasteiger partial charge in [0.15, 0.2) is 5.13 Å². The number of benzene rings is 2.